The third kappa shape index (κ3) is 1.32. The van der Waals surface area contributed by atoms with Gasteiger partial charge in [0.05, 0.1) is 0 Å². The van der Waals surface area contributed by atoms with Crippen LogP contribution in [-0.2, 0) is 6.42 Å². The fraction of sp³-hybridized carbons (Fsp3) is 0.231. The lowest BCUT2D eigenvalue weighted by atomic mass is 10.0. The van der Waals surface area contributed by atoms with Crippen molar-refractivity contribution < 1.29 is 9.84 Å². The van der Waals surface area contributed by atoms with E-state index in [9.17, 15) is 0 Å². The molecule has 82 valence electrons. The van der Waals surface area contributed by atoms with Gasteiger partial charge in [0.1, 0.15) is 12.4 Å². The van der Waals surface area contributed by atoms with E-state index in [0.29, 0.717) is 13.0 Å². The molecule has 2 aromatic rings. The molecule has 3 rings (SSSR count). The van der Waals surface area contributed by atoms with E-state index in [0.717, 1.165) is 22.4 Å². The number of fused-ring (bicyclic) bond motifs is 3. The molecule has 0 unspecified atom stereocenters. The molecule has 0 bridgehead atoms. The largest absolute Gasteiger partial charge is 0.489 e. The van der Waals surface area contributed by atoms with Crippen LogP contribution in [0.5, 0.6) is 5.75 Å². The highest BCUT2D eigenvalue weighted by atomic mass is 16.5. The number of rotatable bonds is 2. The van der Waals surface area contributed by atoms with Crippen molar-refractivity contribution in [1.29, 1.82) is 0 Å². The molecule has 2 heterocycles. The van der Waals surface area contributed by atoms with Crippen LogP contribution in [0.4, 0.5) is 0 Å². The van der Waals surface area contributed by atoms with E-state index in [-0.39, 0.29) is 6.61 Å². The first-order valence-electron chi connectivity index (χ1n) is 5.43. The van der Waals surface area contributed by atoms with Crippen molar-refractivity contribution in [3.05, 3.63) is 35.5 Å². The van der Waals surface area contributed by atoms with E-state index in [4.69, 9.17) is 9.84 Å². The van der Waals surface area contributed by atoms with Crippen LogP contribution >= 0.6 is 0 Å². The zero-order valence-electron chi connectivity index (χ0n) is 8.86. The van der Waals surface area contributed by atoms with Crippen LogP contribution in [0.2, 0.25) is 0 Å². The summed E-state index contributed by atoms with van der Waals surface area (Å²) in [5.74, 6) is 0.925. The molecule has 1 aromatic carbocycles. The standard InChI is InChI=1S/C13H13NO2/c15-6-5-9-8-14-11-3-4-12-10(13(9)11)2-1-7-16-12/h1-4,8,14-15H,5-7H2. The fourth-order valence-electron chi connectivity index (χ4n) is 2.22. The molecule has 0 saturated heterocycles. The van der Waals surface area contributed by atoms with Crippen molar-refractivity contribution in [2.75, 3.05) is 13.2 Å². The van der Waals surface area contributed by atoms with Gasteiger partial charge in [0.2, 0.25) is 0 Å². The zero-order valence-corrected chi connectivity index (χ0v) is 8.86. The number of hydrogen-bond donors (Lipinski definition) is 2. The number of aromatic amines is 1. The lowest BCUT2D eigenvalue weighted by molar-refractivity contribution is 0.300. The zero-order chi connectivity index (χ0) is 11.0. The third-order valence-electron chi connectivity index (χ3n) is 2.93. The minimum atomic E-state index is 0.168. The summed E-state index contributed by atoms with van der Waals surface area (Å²) in [6.45, 7) is 0.805. The van der Waals surface area contributed by atoms with Crippen LogP contribution in [0.15, 0.2) is 24.4 Å². The summed E-state index contributed by atoms with van der Waals surface area (Å²) < 4.78 is 5.57. The Morgan fingerprint density at radius 3 is 3.19 bits per heavy atom. The molecule has 1 aliphatic rings. The Bertz CT molecular complexity index is 554. The molecular formula is C13H13NO2. The van der Waals surface area contributed by atoms with Crippen LogP contribution in [0.25, 0.3) is 17.0 Å². The van der Waals surface area contributed by atoms with Gasteiger partial charge in [-0.05, 0) is 30.2 Å². The number of benzene rings is 1. The maximum atomic E-state index is 9.04. The Kier molecular flexibility index (Phi) is 2.18. The van der Waals surface area contributed by atoms with E-state index in [1.54, 1.807) is 0 Å². The quantitative estimate of drug-likeness (QED) is 0.805. The van der Waals surface area contributed by atoms with Gasteiger partial charge in [-0.2, -0.15) is 0 Å². The van der Waals surface area contributed by atoms with Crippen molar-refractivity contribution in [2.24, 2.45) is 0 Å². The molecule has 0 saturated carbocycles. The lowest BCUT2D eigenvalue weighted by Crippen LogP contribution is -2.01. The minimum Gasteiger partial charge on any atom is -0.489 e. The van der Waals surface area contributed by atoms with Crippen LogP contribution in [0.1, 0.15) is 11.1 Å². The van der Waals surface area contributed by atoms with Gasteiger partial charge in [-0.25, -0.2) is 0 Å². The van der Waals surface area contributed by atoms with Crippen molar-refractivity contribution >= 4 is 17.0 Å². The van der Waals surface area contributed by atoms with Crippen LogP contribution in [0.3, 0.4) is 0 Å². The van der Waals surface area contributed by atoms with Gasteiger partial charge >= 0.3 is 0 Å². The van der Waals surface area contributed by atoms with Gasteiger partial charge in [-0.1, -0.05) is 6.08 Å². The maximum absolute atomic E-state index is 9.04. The highest BCUT2D eigenvalue weighted by Crippen LogP contribution is 2.33. The molecule has 1 aromatic heterocycles. The summed E-state index contributed by atoms with van der Waals surface area (Å²) in [5.41, 5.74) is 3.36. The summed E-state index contributed by atoms with van der Waals surface area (Å²) in [5, 5.41) is 10.2. The monoisotopic (exact) mass is 215 g/mol. The Balaban J connectivity index is 2.28. The van der Waals surface area contributed by atoms with Crippen LogP contribution in [0, 0.1) is 0 Å². The second-order valence-corrected chi connectivity index (χ2v) is 3.90. The topological polar surface area (TPSA) is 45.2 Å². The van der Waals surface area contributed by atoms with Gasteiger partial charge in [-0.3, -0.25) is 0 Å². The highest BCUT2D eigenvalue weighted by Gasteiger charge is 2.13. The molecule has 0 spiro atoms. The summed E-state index contributed by atoms with van der Waals surface area (Å²) in [6, 6.07) is 4.01. The SMILES string of the molecule is OCCc1c[nH]c2ccc3c(c12)C=CCO3. The van der Waals surface area contributed by atoms with Crippen molar-refractivity contribution in [3.63, 3.8) is 0 Å². The average molecular weight is 215 g/mol. The van der Waals surface area contributed by atoms with E-state index in [2.05, 4.69) is 11.1 Å². The second kappa shape index (κ2) is 3.68. The summed E-state index contributed by atoms with van der Waals surface area (Å²) >= 11 is 0. The Labute approximate surface area is 93.4 Å². The van der Waals surface area contributed by atoms with Crippen LogP contribution < -0.4 is 4.74 Å². The molecule has 16 heavy (non-hydrogen) atoms. The first-order chi connectivity index (χ1) is 7.90. The average Bonchev–Trinajstić information content (AvgIpc) is 2.73. The first-order valence-corrected chi connectivity index (χ1v) is 5.43. The molecule has 0 atom stereocenters. The van der Waals surface area contributed by atoms with Gasteiger partial charge in [-0.15, -0.1) is 0 Å². The minimum absolute atomic E-state index is 0.168. The maximum Gasteiger partial charge on any atom is 0.127 e. The van der Waals surface area contributed by atoms with E-state index in [1.165, 1.54) is 5.39 Å². The molecule has 2 N–H and O–H groups in total. The van der Waals surface area contributed by atoms with Gasteiger partial charge in [0.15, 0.2) is 0 Å². The number of H-pyrrole nitrogens is 1. The first kappa shape index (κ1) is 9.48. The number of aliphatic hydroxyl groups is 1. The normalized spacial score (nSPS) is 13.8. The Hall–Kier alpha value is -1.74. The van der Waals surface area contributed by atoms with Gasteiger partial charge < -0.3 is 14.8 Å². The number of aromatic nitrogens is 1. The molecule has 0 amide bonds. The predicted octanol–water partition coefficient (Wildman–Crippen LogP) is 2.11. The van der Waals surface area contributed by atoms with Gasteiger partial charge in [0, 0.05) is 29.3 Å². The molecule has 0 radical (unpaired) electrons. The molecule has 3 heteroatoms. The number of aliphatic hydroxyl groups excluding tert-OH is 1. The highest BCUT2D eigenvalue weighted by molar-refractivity contribution is 5.94. The molecule has 0 aliphatic carbocycles. The van der Waals surface area contributed by atoms with Crippen molar-refractivity contribution in [1.82, 2.24) is 4.98 Å². The van der Waals surface area contributed by atoms with Crippen LogP contribution in [-0.4, -0.2) is 23.3 Å². The van der Waals surface area contributed by atoms with E-state index >= 15 is 0 Å². The Morgan fingerprint density at radius 2 is 2.31 bits per heavy atom. The Morgan fingerprint density at radius 1 is 1.38 bits per heavy atom. The van der Waals surface area contributed by atoms with Gasteiger partial charge in [0.25, 0.3) is 0 Å². The summed E-state index contributed by atoms with van der Waals surface area (Å²) in [6.07, 6.45) is 6.74. The summed E-state index contributed by atoms with van der Waals surface area (Å²) in [4.78, 5) is 3.22. The lowest BCUT2D eigenvalue weighted by Gasteiger charge is -2.13. The number of nitrogens with one attached hydrogen (secondary N) is 1. The summed E-state index contributed by atoms with van der Waals surface area (Å²) in [7, 11) is 0. The van der Waals surface area contributed by atoms with Crippen molar-refractivity contribution in [2.45, 2.75) is 6.42 Å². The molecule has 0 fully saturated rings. The second-order valence-electron chi connectivity index (χ2n) is 3.90. The predicted molar refractivity (Wildman–Crippen MR) is 63.6 cm³/mol. The molecule has 3 nitrogen and oxygen atoms in total. The number of ether oxygens (including phenoxy) is 1. The molecule has 1 aliphatic heterocycles. The van der Waals surface area contributed by atoms with E-state index < -0.39 is 0 Å². The third-order valence-corrected chi connectivity index (χ3v) is 2.93. The fourth-order valence-corrected chi connectivity index (χ4v) is 2.22. The van der Waals surface area contributed by atoms with Crippen molar-refractivity contribution in [3.8, 4) is 5.75 Å². The molecular weight excluding hydrogens is 202 g/mol. The smallest absolute Gasteiger partial charge is 0.127 e. The van der Waals surface area contributed by atoms with E-state index in [1.807, 2.05) is 24.4 Å². The number of hydrogen-bond acceptors (Lipinski definition) is 2.